The molecule has 1 amide bonds. The number of amides is 1. The molecule has 0 aliphatic heterocycles. The Labute approximate surface area is 108 Å². The lowest BCUT2D eigenvalue weighted by atomic mass is 9.77. The van der Waals surface area contributed by atoms with Gasteiger partial charge in [0.1, 0.15) is 0 Å². The largest absolute Gasteiger partial charge is 0.378 e. The molecule has 2 fully saturated rings. The van der Waals surface area contributed by atoms with Crippen LogP contribution in [0.15, 0.2) is 0 Å². The first-order chi connectivity index (χ1) is 8.17. The molecule has 0 atom stereocenters. The molecule has 0 saturated heterocycles. The van der Waals surface area contributed by atoms with Crippen LogP contribution >= 0.6 is 11.6 Å². The van der Waals surface area contributed by atoms with E-state index in [4.69, 9.17) is 16.3 Å². The van der Waals surface area contributed by atoms with Crippen LogP contribution in [0.5, 0.6) is 0 Å². The molecule has 0 heterocycles. The molecule has 2 aliphatic rings. The predicted molar refractivity (Wildman–Crippen MR) is 68.2 cm³/mol. The summed E-state index contributed by atoms with van der Waals surface area (Å²) in [4.78, 5) is 11.9. The van der Waals surface area contributed by atoms with Crippen LogP contribution in [0.25, 0.3) is 0 Å². The normalized spacial score (nSPS) is 30.2. The average molecular weight is 260 g/mol. The second-order valence-electron chi connectivity index (χ2n) is 5.43. The Morgan fingerprint density at radius 3 is 2.65 bits per heavy atom. The standard InChI is InChI=1S/C13H22ClNO2/c1-2-17-11-6-10(7-11)8-12(16)15-13(9-14)4-3-5-13/h10-11H,2-9H2,1H3,(H,15,16). The van der Waals surface area contributed by atoms with Gasteiger partial charge in [-0.25, -0.2) is 0 Å². The van der Waals surface area contributed by atoms with E-state index in [-0.39, 0.29) is 11.4 Å². The number of carbonyl (C=O) groups is 1. The van der Waals surface area contributed by atoms with Crippen LogP contribution in [0.4, 0.5) is 0 Å². The minimum Gasteiger partial charge on any atom is -0.378 e. The maximum absolute atomic E-state index is 11.9. The number of halogens is 1. The highest BCUT2D eigenvalue weighted by Gasteiger charge is 2.38. The van der Waals surface area contributed by atoms with Crippen LogP contribution in [0.1, 0.15) is 45.4 Å². The maximum Gasteiger partial charge on any atom is 0.220 e. The number of rotatable bonds is 6. The van der Waals surface area contributed by atoms with Crippen LogP contribution in [0.2, 0.25) is 0 Å². The van der Waals surface area contributed by atoms with Crippen molar-refractivity contribution in [1.82, 2.24) is 5.32 Å². The molecule has 98 valence electrons. The van der Waals surface area contributed by atoms with Crippen LogP contribution in [-0.4, -0.2) is 30.0 Å². The number of hydrogen-bond donors (Lipinski definition) is 1. The third-order valence-corrected chi connectivity index (χ3v) is 4.55. The molecule has 0 aromatic carbocycles. The Balaban J connectivity index is 1.65. The lowest BCUT2D eigenvalue weighted by Gasteiger charge is -2.42. The first kappa shape index (κ1) is 13.2. The fourth-order valence-electron chi connectivity index (χ4n) is 2.72. The molecule has 2 aliphatic carbocycles. The van der Waals surface area contributed by atoms with Crippen molar-refractivity contribution >= 4 is 17.5 Å². The zero-order valence-electron chi connectivity index (χ0n) is 10.5. The molecule has 0 radical (unpaired) electrons. The molecule has 0 aromatic heterocycles. The molecule has 0 unspecified atom stereocenters. The van der Waals surface area contributed by atoms with Crippen molar-refractivity contribution in [2.75, 3.05) is 12.5 Å². The number of nitrogens with one attached hydrogen (secondary N) is 1. The molecule has 4 heteroatoms. The highest BCUT2D eigenvalue weighted by molar-refractivity contribution is 6.18. The highest BCUT2D eigenvalue weighted by atomic mass is 35.5. The van der Waals surface area contributed by atoms with E-state index in [0.29, 0.717) is 24.3 Å². The molecule has 0 aromatic rings. The van der Waals surface area contributed by atoms with E-state index in [1.807, 2.05) is 6.92 Å². The van der Waals surface area contributed by atoms with Crippen molar-refractivity contribution < 1.29 is 9.53 Å². The molecule has 0 bridgehead atoms. The van der Waals surface area contributed by atoms with E-state index < -0.39 is 0 Å². The summed E-state index contributed by atoms with van der Waals surface area (Å²) in [5.41, 5.74) is -0.0816. The summed E-state index contributed by atoms with van der Waals surface area (Å²) in [7, 11) is 0. The fraction of sp³-hybridized carbons (Fsp3) is 0.923. The summed E-state index contributed by atoms with van der Waals surface area (Å²) in [6, 6.07) is 0. The van der Waals surface area contributed by atoms with Gasteiger partial charge in [-0.1, -0.05) is 0 Å². The van der Waals surface area contributed by atoms with Gasteiger partial charge in [-0.05, 0) is 44.9 Å². The Morgan fingerprint density at radius 1 is 1.47 bits per heavy atom. The van der Waals surface area contributed by atoms with Gasteiger partial charge in [0, 0.05) is 18.9 Å². The molecular formula is C13H22ClNO2. The van der Waals surface area contributed by atoms with Crippen molar-refractivity contribution in [2.45, 2.75) is 57.1 Å². The Morgan fingerprint density at radius 2 is 2.18 bits per heavy atom. The molecular weight excluding hydrogens is 238 g/mol. The number of hydrogen-bond acceptors (Lipinski definition) is 2. The summed E-state index contributed by atoms with van der Waals surface area (Å²) in [5.74, 6) is 1.23. The second kappa shape index (κ2) is 5.57. The van der Waals surface area contributed by atoms with Gasteiger partial charge >= 0.3 is 0 Å². The molecule has 0 spiro atoms. The van der Waals surface area contributed by atoms with Gasteiger partial charge in [0.2, 0.25) is 5.91 Å². The van der Waals surface area contributed by atoms with Crippen LogP contribution in [0, 0.1) is 5.92 Å². The summed E-state index contributed by atoms with van der Waals surface area (Å²) in [5, 5.41) is 3.11. The third-order valence-electron chi connectivity index (χ3n) is 4.04. The molecule has 3 nitrogen and oxygen atoms in total. The van der Waals surface area contributed by atoms with Gasteiger partial charge in [-0.2, -0.15) is 0 Å². The van der Waals surface area contributed by atoms with E-state index in [0.717, 1.165) is 32.3 Å². The third kappa shape index (κ3) is 3.14. The van der Waals surface area contributed by atoms with Crippen LogP contribution < -0.4 is 5.32 Å². The van der Waals surface area contributed by atoms with Gasteiger partial charge in [0.05, 0.1) is 11.6 Å². The average Bonchev–Trinajstić information content (AvgIpc) is 2.20. The van der Waals surface area contributed by atoms with Crippen molar-refractivity contribution in [3.63, 3.8) is 0 Å². The van der Waals surface area contributed by atoms with Crippen molar-refractivity contribution in [3.05, 3.63) is 0 Å². The SMILES string of the molecule is CCOC1CC(CC(=O)NC2(CCl)CCC2)C1. The Hall–Kier alpha value is -0.280. The summed E-state index contributed by atoms with van der Waals surface area (Å²) in [6.07, 6.45) is 6.36. The van der Waals surface area contributed by atoms with Crippen molar-refractivity contribution in [1.29, 1.82) is 0 Å². The van der Waals surface area contributed by atoms with Crippen molar-refractivity contribution in [2.24, 2.45) is 5.92 Å². The summed E-state index contributed by atoms with van der Waals surface area (Å²) >= 11 is 5.92. The van der Waals surface area contributed by atoms with Crippen LogP contribution in [-0.2, 0) is 9.53 Å². The number of carbonyl (C=O) groups excluding carboxylic acids is 1. The Kier molecular flexibility index (Phi) is 4.31. The van der Waals surface area contributed by atoms with Crippen molar-refractivity contribution in [3.8, 4) is 0 Å². The van der Waals surface area contributed by atoms with Gasteiger partial charge in [0.15, 0.2) is 0 Å². The van der Waals surface area contributed by atoms with E-state index in [9.17, 15) is 4.79 Å². The van der Waals surface area contributed by atoms with E-state index in [1.165, 1.54) is 6.42 Å². The highest BCUT2D eigenvalue weighted by Crippen LogP contribution is 2.35. The number of ether oxygens (including phenoxy) is 1. The van der Waals surface area contributed by atoms with Gasteiger partial charge < -0.3 is 10.1 Å². The lowest BCUT2D eigenvalue weighted by molar-refractivity contribution is -0.127. The molecule has 17 heavy (non-hydrogen) atoms. The Bertz CT molecular complexity index is 267. The monoisotopic (exact) mass is 259 g/mol. The summed E-state index contributed by atoms with van der Waals surface area (Å²) < 4.78 is 5.49. The van der Waals surface area contributed by atoms with E-state index in [2.05, 4.69) is 5.32 Å². The molecule has 1 N–H and O–H groups in total. The first-order valence-corrected chi connectivity index (χ1v) is 7.19. The maximum atomic E-state index is 11.9. The number of alkyl halides is 1. The second-order valence-corrected chi connectivity index (χ2v) is 5.70. The quantitative estimate of drug-likeness (QED) is 0.745. The lowest BCUT2D eigenvalue weighted by Crippen LogP contribution is -2.55. The first-order valence-electron chi connectivity index (χ1n) is 6.66. The molecule has 2 rings (SSSR count). The summed E-state index contributed by atoms with van der Waals surface area (Å²) in [6.45, 7) is 2.79. The van der Waals surface area contributed by atoms with Gasteiger partial charge in [0.25, 0.3) is 0 Å². The van der Waals surface area contributed by atoms with Crippen LogP contribution in [0.3, 0.4) is 0 Å². The zero-order chi connectivity index (χ0) is 12.3. The zero-order valence-corrected chi connectivity index (χ0v) is 11.3. The molecule has 2 saturated carbocycles. The topological polar surface area (TPSA) is 38.3 Å². The minimum absolute atomic E-state index is 0.0816. The smallest absolute Gasteiger partial charge is 0.220 e. The van der Waals surface area contributed by atoms with Gasteiger partial charge in [-0.15, -0.1) is 11.6 Å². The minimum atomic E-state index is -0.0816. The van der Waals surface area contributed by atoms with Gasteiger partial charge in [-0.3, -0.25) is 4.79 Å². The van der Waals surface area contributed by atoms with E-state index in [1.54, 1.807) is 0 Å². The predicted octanol–water partition coefficient (Wildman–Crippen LogP) is 2.47. The van der Waals surface area contributed by atoms with E-state index >= 15 is 0 Å². The fourth-order valence-corrected chi connectivity index (χ4v) is 3.05.